The molecule has 10 heteroatoms. The fourth-order valence-electron chi connectivity index (χ4n) is 2.40. The molecule has 0 aliphatic carbocycles. The monoisotopic (exact) mass is 296 g/mol. The maximum atomic E-state index is 10.1. The van der Waals surface area contributed by atoms with E-state index in [4.69, 9.17) is 15.6 Å². The number of aromatic nitrogens is 4. The van der Waals surface area contributed by atoms with Gasteiger partial charge in [0.2, 0.25) is 5.95 Å². The molecule has 4 atom stereocenters. The zero-order chi connectivity index (χ0) is 15.1. The highest BCUT2D eigenvalue weighted by atomic mass is 16.6. The van der Waals surface area contributed by atoms with E-state index in [1.54, 1.807) is 7.05 Å². The van der Waals surface area contributed by atoms with Crippen molar-refractivity contribution in [3.05, 3.63) is 6.33 Å². The number of hydrogen-bond acceptors (Lipinski definition) is 9. The number of aliphatic hydroxyl groups is 3. The van der Waals surface area contributed by atoms with Crippen LogP contribution in [0.2, 0.25) is 0 Å². The Bertz CT molecular complexity index is 661. The van der Waals surface area contributed by atoms with E-state index in [2.05, 4.69) is 20.3 Å². The Morgan fingerprint density at radius 3 is 2.76 bits per heavy atom. The average Bonchev–Trinajstić information content (AvgIpc) is 3.01. The molecule has 2 aromatic rings. The van der Waals surface area contributed by atoms with Gasteiger partial charge in [0.25, 0.3) is 0 Å². The molecular formula is C11H16N6O4. The van der Waals surface area contributed by atoms with Gasteiger partial charge in [-0.3, -0.25) is 4.57 Å². The fourth-order valence-corrected chi connectivity index (χ4v) is 2.40. The van der Waals surface area contributed by atoms with E-state index < -0.39 is 31.1 Å². The lowest BCUT2D eigenvalue weighted by Gasteiger charge is -2.16. The summed E-state index contributed by atoms with van der Waals surface area (Å²) in [5.74, 6) is 0.489. The summed E-state index contributed by atoms with van der Waals surface area (Å²) in [6.07, 6.45) is -2.78. The van der Waals surface area contributed by atoms with Crippen molar-refractivity contribution in [3.63, 3.8) is 0 Å². The number of fused-ring (bicyclic) bond motifs is 1. The van der Waals surface area contributed by atoms with Crippen LogP contribution >= 0.6 is 0 Å². The first-order valence-corrected chi connectivity index (χ1v) is 6.37. The van der Waals surface area contributed by atoms with Crippen molar-refractivity contribution in [2.24, 2.45) is 0 Å². The number of aliphatic hydroxyl groups excluding tert-OH is 3. The molecule has 0 bridgehead atoms. The van der Waals surface area contributed by atoms with Crippen LogP contribution in [0.25, 0.3) is 11.2 Å². The third kappa shape index (κ3) is 2.08. The van der Waals surface area contributed by atoms with Crippen LogP contribution in [0.4, 0.5) is 11.8 Å². The van der Waals surface area contributed by atoms with E-state index in [0.717, 1.165) is 0 Å². The molecule has 1 fully saturated rings. The predicted octanol–water partition coefficient (Wildman–Crippen LogP) is -1.94. The van der Waals surface area contributed by atoms with Crippen molar-refractivity contribution < 1.29 is 20.1 Å². The van der Waals surface area contributed by atoms with E-state index in [-0.39, 0.29) is 5.95 Å². The number of nitrogen functional groups attached to an aromatic ring is 1. The van der Waals surface area contributed by atoms with Gasteiger partial charge >= 0.3 is 0 Å². The summed E-state index contributed by atoms with van der Waals surface area (Å²) in [5.41, 5.74) is 6.47. The van der Waals surface area contributed by atoms with Gasteiger partial charge in [-0.05, 0) is 0 Å². The lowest BCUT2D eigenvalue weighted by Crippen LogP contribution is -2.33. The van der Waals surface area contributed by atoms with Crippen LogP contribution in [0.1, 0.15) is 6.23 Å². The minimum atomic E-state index is -1.21. The Balaban J connectivity index is 2.07. The van der Waals surface area contributed by atoms with Crippen molar-refractivity contribution in [1.82, 2.24) is 19.5 Å². The summed E-state index contributed by atoms with van der Waals surface area (Å²) in [5, 5.41) is 31.9. The van der Waals surface area contributed by atoms with E-state index >= 15 is 0 Å². The SMILES string of the molecule is CNc1nc(N)nc2c1ncn2[C@@H]1O[C@H](CO)[C@H](O)[C@@H]1O. The highest BCUT2D eigenvalue weighted by molar-refractivity contribution is 5.84. The predicted molar refractivity (Wildman–Crippen MR) is 72.3 cm³/mol. The van der Waals surface area contributed by atoms with Crippen molar-refractivity contribution in [1.29, 1.82) is 0 Å². The molecule has 1 aliphatic rings. The number of nitrogens with one attached hydrogen (secondary N) is 1. The van der Waals surface area contributed by atoms with Crippen LogP contribution in [0.15, 0.2) is 6.33 Å². The quantitative estimate of drug-likeness (QED) is 0.435. The third-order valence-electron chi connectivity index (χ3n) is 3.47. The highest BCUT2D eigenvalue weighted by Gasteiger charge is 2.44. The zero-order valence-corrected chi connectivity index (χ0v) is 11.2. The molecule has 3 rings (SSSR count). The Morgan fingerprint density at radius 1 is 1.38 bits per heavy atom. The smallest absolute Gasteiger partial charge is 0.224 e. The maximum absolute atomic E-state index is 10.1. The molecule has 6 N–H and O–H groups in total. The number of nitrogens with two attached hydrogens (primary N) is 1. The second kappa shape index (κ2) is 5.07. The van der Waals surface area contributed by atoms with Crippen LogP contribution < -0.4 is 11.1 Å². The van der Waals surface area contributed by atoms with Gasteiger partial charge in [0.05, 0.1) is 12.9 Å². The molecule has 0 saturated carbocycles. The molecule has 0 amide bonds. The first-order valence-electron chi connectivity index (χ1n) is 6.37. The van der Waals surface area contributed by atoms with Gasteiger partial charge in [0, 0.05) is 7.05 Å². The van der Waals surface area contributed by atoms with Crippen LogP contribution in [0, 0.1) is 0 Å². The lowest BCUT2D eigenvalue weighted by atomic mass is 10.1. The summed E-state index contributed by atoms with van der Waals surface area (Å²) < 4.78 is 6.91. The van der Waals surface area contributed by atoms with Gasteiger partial charge in [-0.2, -0.15) is 9.97 Å². The van der Waals surface area contributed by atoms with Crippen molar-refractivity contribution in [2.45, 2.75) is 24.5 Å². The number of rotatable bonds is 3. The van der Waals surface area contributed by atoms with Gasteiger partial charge in [0.1, 0.15) is 18.3 Å². The molecule has 1 aliphatic heterocycles. The molecule has 0 radical (unpaired) electrons. The summed E-state index contributed by atoms with van der Waals surface area (Å²) in [7, 11) is 1.67. The number of nitrogens with zero attached hydrogens (tertiary/aromatic N) is 4. The first kappa shape index (κ1) is 13.9. The van der Waals surface area contributed by atoms with Crippen LogP contribution in [0.5, 0.6) is 0 Å². The van der Waals surface area contributed by atoms with Crippen LogP contribution in [-0.2, 0) is 4.74 Å². The molecule has 21 heavy (non-hydrogen) atoms. The van der Waals surface area contributed by atoms with Gasteiger partial charge in [-0.25, -0.2) is 4.98 Å². The summed E-state index contributed by atoms with van der Waals surface area (Å²) in [6.45, 7) is -0.403. The highest BCUT2D eigenvalue weighted by Crippen LogP contribution is 2.32. The van der Waals surface area contributed by atoms with Gasteiger partial charge in [-0.1, -0.05) is 0 Å². The minimum absolute atomic E-state index is 0.0420. The molecule has 3 heterocycles. The number of hydrogen-bond donors (Lipinski definition) is 5. The van der Waals surface area contributed by atoms with E-state index in [1.165, 1.54) is 10.9 Å². The Labute approximate surface area is 119 Å². The second-order valence-corrected chi connectivity index (χ2v) is 4.73. The molecule has 0 aromatic carbocycles. The average molecular weight is 296 g/mol. The van der Waals surface area contributed by atoms with E-state index in [1.807, 2.05) is 0 Å². The summed E-state index contributed by atoms with van der Waals surface area (Å²) in [6, 6.07) is 0. The molecule has 10 nitrogen and oxygen atoms in total. The number of ether oxygens (including phenoxy) is 1. The van der Waals surface area contributed by atoms with Gasteiger partial charge < -0.3 is 31.1 Å². The van der Waals surface area contributed by atoms with Gasteiger partial charge in [0.15, 0.2) is 23.2 Å². The largest absolute Gasteiger partial charge is 0.394 e. The maximum Gasteiger partial charge on any atom is 0.224 e. The number of anilines is 2. The second-order valence-electron chi connectivity index (χ2n) is 4.73. The normalized spacial score (nSPS) is 29.1. The van der Waals surface area contributed by atoms with E-state index in [0.29, 0.717) is 17.0 Å². The lowest BCUT2D eigenvalue weighted by molar-refractivity contribution is -0.0511. The van der Waals surface area contributed by atoms with Gasteiger partial charge in [-0.15, -0.1) is 0 Å². The van der Waals surface area contributed by atoms with E-state index in [9.17, 15) is 10.2 Å². The third-order valence-corrected chi connectivity index (χ3v) is 3.47. The van der Waals surface area contributed by atoms with Crippen LogP contribution in [-0.4, -0.2) is 66.8 Å². The number of imidazole rings is 1. The zero-order valence-electron chi connectivity index (χ0n) is 11.2. The topological polar surface area (TPSA) is 152 Å². The van der Waals surface area contributed by atoms with Crippen molar-refractivity contribution in [2.75, 3.05) is 24.7 Å². The summed E-state index contributed by atoms with van der Waals surface area (Å²) >= 11 is 0. The standard InChI is InChI=1S/C11H16N6O4/c1-13-8-5-9(16-11(12)15-8)17(3-14-5)10-7(20)6(19)4(2-18)21-10/h3-4,6-7,10,18-20H,2H2,1H3,(H3,12,13,15,16)/t4-,6+,7+,10-/m1/s1. The van der Waals surface area contributed by atoms with Crippen molar-refractivity contribution >= 4 is 22.9 Å². The molecular weight excluding hydrogens is 280 g/mol. The minimum Gasteiger partial charge on any atom is -0.394 e. The molecule has 0 unspecified atom stereocenters. The van der Waals surface area contributed by atoms with Crippen molar-refractivity contribution in [3.8, 4) is 0 Å². The Kier molecular flexibility index (Phi) is 3.37. The summed E-state index contributed by atoms with van der Waals surface area (Å²) in [4.78, 5) is 12.3. The molecule has 0 spiro atoms. The Hall–Kier alpha value is -2.01. The first-order chi connectivity index (χ1) is 10.1. The van der Waals surface area contributed by atoms with Crippen LogP contribution in [0.3, 0.4) is 0 Å². The molecule has 1 saturated heterocycles. The Morgan fingerprint density at radius 2 is 2.14 bits per heavy atom. The molecule has 114 valence electrons. The fraction of sp³-hybridized carbons (Fsp3) is 0.545. The molecule has 2 aromatic heterocycles.